The molecule has 1 saturated heterocycles. The first kappa shape index (κ1) is 13.5. The van der Waals surface area contributed by atoms with Crippen LogP contribution in [0.2, 0.25) is 0 Å². The fourth-order valence-electron chi connectivity index (χ4n) is 2.44. The van der Waals surface area contributed by atoms with Crippen molar-refractivity contribution < 1.29 is 0 Å². The predicted molar refractivity (Wildman–Crippen MR) is 85.7 cm³/mol. The number of nitrogens with two attached hydrogens (primary N) is 1. The quantitative estimate of drug-likeness (QED) is 0.936. The number of piperidine rings is 1. The van der Waals surface area contributed by atoms with Gasteiger partial charge in [-0.15, -0.1) is 0 Å². The van der Waals surface area contributed by atoms with Gasteiger partial charge in [0, 0.05) is 13.1 Å². The van der Waals surface area contributed by atoms with Crippen LogP contribution in [0.25, 0.3) is 12.2 Å². The van der Waals surface area contributed by atoms with Gasteiger partial charge in [0.25, 0.3) is 0 Å². The average molecular weight is 281 g/mol. The molecule has 1 aliphatic heterocycles. The number of benzene rings is 1. The summed E-state index contributed by atoms with van der Waals surface area (Å²) in [5, 5.41) is 0. The second-order valence-corrected chi connectivity index (χ2v) is 5.14. The minimum atomic E-state index is 0.276. The zero-order valence-electron chi connectivity index (χ0n) is 11.9. The Morgan fingerprint density at radius 1 is 0.905 bits per heavy atom. The maximum Gasteiger partial charge on any atom is 0.230 e. The lowest BCUT2D eigenvalue weighted by Crippen LogP contribution is -2.31. The van der Waals surface area contributed by atoms with Crippen LogP contribution < -0.4 is 10.6 Å². The van der Waals surface area contributed by atoms with Crippen LogP contribution in [0.5, 0.6) is 0 Å². The predicted octanol–water partition coefficient (Wildman–Crippen LogP) is 2.61. The Kier molecular flexibility index (Phi) is 4.09. The molecule has 0 spiro atoms. The maximum absolute atomic E-state index is 5.81. The Labute approximate surface area is 124 Å². The fraction of sp³-hybridized carbons (Fsp3) is 0.312. The van der Waals surface area contributed by atoms with E-state index < -0.39 is 0 Å². The lowest BCUT2D eigenvalue weighted by atomic mass is 10.1. The highest BCUT2D eigenvalue weighted by atomic mass is 15.3. The monoisotopic (exact) mass is 281 g/mol. The third-order valence-corrected chi connectivity index (χ3v) is 3.52. The summed E-state index contributed by atoms with van der Waals surface area (Å²) < 4.78 is 0. The number of nitrogen functional groups attached to an aromatic ring is 1. The Balaban J connectivity index is 1.82. The van der Waals surface area contributed by atoms with Gasteiger partial charge in [-0.1, -0.05) is 36.4 Å². The van der Waals surface area contributed by atoms with E-state index in [4.69, 9.17) is 5.73 Å². The van der Waals surface area contributed by atoms with Crippen LogP contribution in [0.3, 0.4) is 0 Å². The SMILES string of the molecule is Nc1nc(/C=C/c2ccccc2)nc(N2CCCCC2)n1. The lowest BCUT2D eigenvalue weighted by molar-refractivity contribution is 0.567. The van der Waals surface area contributed by atoms with Gasteiger partial charge < -0.3 is 10.6 Å². The molecule has 0 unspecified atom stereocenters. The molecule has 21 heavy (non-hydrogen) atoms. The van der Waals surface area contributed by atoms with Gasteiger partial charge in [-0.05, 0) is 30.9 Å². The molecule has 108 valence electrons. The van der Waals surface area contributed by atoms with Gasteiger partial charge in [-0.3, -0.25) is 0 Å². The van der Waals surface area contributed by atoms with Gasteiger partial charge in [0.15, 0.2) is 5.82 Å². The Morgan fingerprint density at radius 3 is 2.43 bits per heavy atom. The summed E-state index contributed by atoms with van der Waals surface area (Å²) >= 11 is 0. The van der Waals surface area contributed by atoms with Crippen LogP contribution in [0.15, 0.2) is 30.3 Å². The normalized spacial score (nSPS) is 15.5. The van der Waals surface area contributed by atoms with Gasteiger partial charge in [0.05, 0.1) is 0 Å². The molecule has 0 bridgehead atoms. The van der Waals surface area contributed by atoms with Crippen molar-refractivity contribution in [2.75, 3.05) is 23.7 Å². The molecule has 1 aromatic carbocycles. The summed E-state index contributed by atoms with van der Waals surface area (Å²) in [5.74, 6) is 1.57. The Bertz CT molecular complexity index is 618. The largest absolute Gasteiger partial charge is 0.368 e. The second kappa shape index (κ2) is 6.35. The minimum Gasteiger partial charge on any atom is -0.368 e. The molecule has 1 fully saturated rings. The molecule has 2 N–H and O–H groups in total. The average Bonchev–Trinajstić information content (AvgIpc) is 2.54. The zero-order valence-corrected chi connectivity index (χ0v) is 11.9. The number of hydrogen-bond donors (Lipinski definition) is 1. The molecule has 0 saturated carbocycles. The molecule has 0 aliphatic carbocycles. The summed E-state index contributed by atoms with van der Waals surface area (Å²) in [6.07, 6.45) is 7.50. The van der Waals surface area contributed by atoms with E-state index in [0.717, 1.165) is 18.7 Å². The van der Waals surface area contributed by atoms with Crippen LogP contribution in [0, 0.1) is 0 Å². The van der Waals surface area contributed by atoms with E-state index in [1.165, 1.54) is 19.3 Å². The fourth-order valence-corrected chi connectivity index (χ4v) is 2.44. The third-order valence-electron chi connectivity index (χ3n) is 3.52. The lowest BCUT2D eigenvalue weighted by Gasteiger charge is -2.26. The smallest absolute Gasteiger partial charge is 0.230 e. The van der Waals surface area contributed by atoms with Crippen molar-refractivity contribution >= 4 is 24.0 Å². The minimum absolute atomic E-state index is 0.276. The third kappa shape index (κ3) is 3.56. The molecule has 0 amide bonds. The van der Waals surface area contributed by atoms with E-state index in [2.05, 4.69) is 19.9 Å². The van der Waals surface area contributed by atoms with Crippen LogP contribution in [-0.2, 0) is 0 Å². The van der Waals surface area contributed by atoms with E-state index in [9.17, 15) is 0 Å². The van der Waals surface area contributed by atoms with Crippen LogP contribution >= 0.6 is 0 Å². The maximum atomic E-state index is 5.81. The molecule has 1 aromatic heterocycles. The van der Waals surface area contributed by atoms with Crippen molar-refractivity contribution in [3.8, 4) is 0 Å². The number of anilines is 2. The first-order valence-electron chi connectivity index (χ1n) is 7.31. The Morgan fingerprint density at radius 2 is 1.67 bits per heavy atom. The van der Waals surface area contributed by atoms with Gasteiger partial charge in [0.2, 0.25) is 11.9 Å². The number of hydrogen-bond acceptors (Lipinski definition) is 5. The molecule has 0 atom stereocenters. The van der Waals surface area contributed by atoms with Crippen molar-refractivity contribution in [3.63, 3.8) is 0 Å². The summed E-state index contributed by atoms with van der Waals surface area (Å²) in [5.41, 5.74) is 6.92. The van der Waals surface area contributed by atoms with Crippen molar-refractivity contribution in [2.45, 2.75) is 19.3 Å². The number of aromatic nitrogens is 3. The van der Waals surface area contributed by atoms with Gasteiger partial charge in [-0.25, -0.2) is 0 Å². The highest BCUT2D eigenvalue weighted by molar-refractivity contribution is 5.67. The topological polar surface area (TPSA) is 67.9 Å². The van der Waals surface area contributed by atoms with Crippen LogP contribution in [0.1, 0.15) is 30.7 Å². The van der Waals surface area contributed by atoms with E-state index in [-0.39, 0.29) is 5.95 Å². The van der Waals surface area contributed by atoms with Gasteiger partial charge >= 0.3 is 0 Å². The highest BCUT2D eigenvalue weighted by Gasteiger charge is 2.14. The first-order chi connectivity index (χ1) is 10.3. The molecular formula is C16H19N5. The first-order valence-corrected chi connectivity index (χ1v) is 7.31. The molecule has 5 heteroatoms. The molecule has 2 aromatic rings. The van der Waals surface area contributed by atoms with E-state index in [0.29, 0.717) is 11.8 Å². The molecule has 5 nitrogen and oxygen atoms in total. The van der Waals surface area contributed by atoms with Crippen molar-refractivity contribution in [2.24, 2.45) is 0 Å². The van der Waals surface area contributed by atoms with Gasteiger partial charge in [-0.2, -0.15) is 15.0 Å². The van der Waals surface area contributed by atoms with Crippen molar-refractivity contribution in [3.05, 3.63) is 41.7 Å². The van der Waals surface area contributed by atoms with E-state index in [1.807, 2.05) is 42.5 Å². The second-order valence-electron chi connectivity index (χ2n) is 5.14. The highest BCUT2D eigenvalue weighted by Crippen LogP contribution is 2.17. The van der Waals surface area contributed by atoms with E-state index in [1.54, 1.807) is 0 Å². The molecule has 1 aliphatic rings. The molecule has 2 heterocycles. The van der Waals surface area contributed by atoms with E-state index >= 15 is 0 Å². The Hall–Kier alpha value is -2.43. The molecular weight excluding hydrogens is 262 g/mol. The number of nitrogens with zero attached hydrogens (tertiary/aromatic N) is 4. The van der Waals surface area contributed by atoms with Crippen LogP contribution in [-0.4, -0.2) is 28.0 Å². The zero-order chi connectivity index (χ0) is 14.5. The summed E-state index contributed by atoms with van der Waals surface area (Å²) in [6, 6.07) is 10.1. The summed E-state index contributed by atoms with van der Waals surface area (Å²) in [7, 11) is 0. The summed E-state index contributed by atoms with van der Waals surface area (Å²) in [4.78, 5) is 15.1. The molecule has 3 rings (SSSR count). The molecule has 0 radical (unpaired) electrons. The van der Waals surface area contributed by atoms with Crippen molar-refractivity contribution in [1.29, 1.82) is 0 Å². The number of rotatable bonds is 3. The van der Waals surface area contributed by atoms with Crippen LogP contribution in [0.4, 0.5) is 11.9 Å². The standard InChI is InChI=1S/C16H19N5/c17-15-18-14(10-9-13-7-3-1-4-8-13)19-16(20-15)21-11-5-2-6-12-21/h1,3-4,7-10H,2,5-6,11-12H2,(H2,17,18,19,20)/b10-9+. The summed E-state index contributed by atoms with van der Waals surface area (Å²) in [6.45, 7) is 1.98. The van der Waals surface area contributed by atoms with Crippen molar-refractivity contribution in [1.82, 2.24) is 15.0 Å². The van der Waals surface area contributed by atoms with Gasteiger partial charge in [0.1, 0.15) is 0 Å².